The lowest BCUT2D eigenvalue weighted by atomic mass is 9.78. The first-order chi connectivity index (χ1) is 10.0. The van der Waals surface area contributed by atoms with Gasteiger partial charge in [-0.25, -0.2) is 0 Å². The molecule has 0 aromatic heterocycles. The van der Waals surface area contributed by atoms with E-state index in [0.29, 0.717) is 0 Å². The molecule has 0 spiro atoms. The number of aliphatic carboxylic acids is 1. The lowest BCUT2D eigenvalue weighted by molar-refractivity contribution is -0.140. The lowest BCUT2D eigenvalue weighted by Gasteiger charge is -2.40. The zero-order chi connectivity index (χ0) is 15.3. The van der Waals surface area contributed by atoms with Crippen molar-refractivity contribution in [2.75, 3.05) is 6.54 Å². The average Bonchev–Trinajstić information content (AvgIpc) is 2.89. The van der Waals surface area contributed by atoms with Gasteiger partial charge in [-0.05, 0) is 38.6 Å². The van der Waals surface area contributed by atoms with Gasteiger partial charge in [-0.15, -0.1) is 0 Å². The molecule has 1 unspecified atom stereocenters. The predicted molar refractivity (Wildman–Crippen MR) is 81.1 cm³/mol. The maximum absolute atomic E-state index is 12.8. The molecule has 1 aliphatic carbocycles. The van der Waals surface area contributed by atoms with Crippen molar-refractivity contribution in [1.82, 2.24) is 10.6 Å². The Morgan fingerprint density at radius 1 is 1.14 bits per heavy atom. The highest BCUT2D eigenvalue weighted by Crippen LogP contribution is 2.33. The number of carbonyl (C=O) groups excluding carboxylic acids is 1. The van der Waals surface area contributed by atoms with E-state index in [4.69, 9.17) is 0 Å². The Bertz CT molecular complexity index is 383. The minimum absolute atomic E-state index is 0.0185. The molecule has 21 heavy (non-hydrogen) atoms. The van der Waals surface area contributed by atoms with Gasteiger partial charge in [-0.2, -0.15) is 0 Å². The SMILES string of the molecule is CCCC1(C(=O)NC2(CC(=O)O)CCCCC2)CCCN1. The summed E-state index contributed by atoms with van der Waals surface area (Å²) in [7, 11) is 0. The summed E-state index contributed by atoms with van der Waals surface area (Å²) in [5, 5.41) is 15.7. The van der Waals surface area contributed by atoms with E-state index in [1.165, 1.54) is 0 Å². The third-order valence-corrected chi connectivity index (χ3v) is 5.03. The first-order valence-corrected chi connectivity index (χ1v) is 8.31. The molecule has 0 aromatic carbocycles. The quantitative estimate of drug-likeness (QED) is 0.702. The van der Waals surface area contributed by atoms with Crippen LogP contribution in [0.4, 0.5) is 0 Å². The van der Waals surface area contributed by atoms with Crippen LogP contribution in [0.2, 0.25) is 0 Å². The second-order valence-corrected chi connectivity index (χ2v) is 6.73. The monoisotopic (exact) mass is 296 g/mol. The molecule has 5 nitrogen and oxygen atoms in total. The fourth-order valence-corrected chi connectivity index (χ4v) is 3.98. The largest absolute Gasteiger partial charge is 0.481 e. The molecular weight excluding hydrogens is 268 g/mol. The van der Waals surface area contributed by atoms with Gasteiger partial charge in [0.1, 0.15) is 0 Å². The normalized spacial score (nSPS) is 28.2. The molecular formula is C16H28N2O3. The number of hydrogen-bond donors (Lipinski definition) is 3. The molecule has 2 fully saturated rings. The fraction of sp³-hybridized carbons (Fsp3) is 0.875. The molecule has 0 radical (unpaired) electrons. The summed E-state index contributed by atoms with van der Waals surface area (Å²) in [5.74, 6) is -0.800. The van der Waals surface area contributed by atoms with E-state index >= 15 is 0 Å². The molecule has 2 aliphatic rings. The van der Waals surface area contributed by atoms with Gasteiger partial charge in [-0.3, -0.25) is 9.59 Å². The standard InChI is InChI=1S/C16H28N2O3/c1-2-7-16(10-6-11-17-16)14(21)18-15(12-13(19)20)8-4-3-5-9-15/h17H,2-12H2,1H3,(H,18,21)(H,19,20). The van der Waals surface area contributed by atoms with E-state index in [1.807, 2.05) is 0 Å². The Hall–Kier alpha value is -1.10. The molecule has 1 atom stereocenters. The van der Waals surface area contributed by atoms with E-state index in [0.717, 1.165) is 64.3 Å². The first kappa shape index (κ1) is 16.3. The van der Waals surface area contributed by atoms with Crippen molar-refractivity contribution < 1.29 is 14.7 Å². The highest BCUT2D eigenvalue weighted by Gasteiger charge is 2.44. The molecule has 120 valence electrons. The second kappa shape index (κ2) is 6.77. The highest BCUT2D eigenvalue weighted by atomic mass is 16.4. The third-order valence-electron chi connectivity index (χ3n) is 5.03. The number of amides is 1. The fourth-order valence-electron chi connectivity index (χ4n) is 3.98. The van der Waals surface area contributed by atoms with Crippen molar-refractivity contribution in [3.8, 4) is 0 Å². The summed E-state index contributed by atoms with van der Waals surface area (Å²) in [6, 6.07) is 0. The zero-order valence-corrected chi connectivity index (χ0v) is 13.0. The maximum Gasteiger partial charge on any atom is 0.305 e. The van der Waals surface area contributed by atoms with Crippen molar-refractivity contribution in [3.63, 3.8) is 0 Å². The predicted octanol–water partition coefficient (Wildman–Crippen LogP) is 2.20. The van der Waals surface area contributed by atoms with Gasteiger partial charge in [0.05, 0.1) is 17.5 Å². The molecule has 1 saturated carbocycles. The summed E-state index contributed by atoms with van der Waals surface area (Å²) in [4.78, 5) is 24.1. The molecule has 1 aliphatic heterocycles. The Labute approximate surface area is 126 Å². The first-order valence-electron chi connectivity index (χ1n) is 8.31. The van der Waals surface area contributed by atoms with Crippen LogP contribution in [-0.2, 0) is 9.59 Å². The van der Waals surface area contributed by atoms with Gasteiger partial charge >= 0.3 is 5.97 Å². The van der Waals surface area contributed by atoms with Crippen LogP contribution >= 0.6 is 0 Å². The van der Waals surface area contributed by atoms with Gasteiger partial charge in [0.15, 0.2) is 0 Å². The van der Waals surface area contributed by atoms with Crippen LogP contribution in [0.15, 0.2) is 0 Å². The molecule has 1 heterocycles. The van der Waals surface area contributed by atoms with E-state index in [9.17, 15) is 14.7 Å². The lowest BCUT2D eigenvalue weighted by Crippen LogP contribution is -2.61. The molecule has 1 saturated heterocycles. The summed E-state index contributed by atoms with van der Waals surface area (Å²) in [6.07, 6.45) is 8.39. The molecule has 0 bridgehead atoms. The summed E-state index contributed by atoms with van der Waals surface area (Å²) < 4.78 is 0. The molecule has 5 heteroatoms. The van der Waals surface area contributed by atoms with Crippen LogP contribution < -0.4 is 10.6 Å². The van der Waals surface area contributed by atoms with Crippen LogP contribution in [0.3, 0.4) is 0 Å². The van der Waals surface area contributed by atoms with Gasteiger partial charge in [0.2, 0.25) is 5.91 Å². The number of rotatable bonds is 6. The van der Waals surface area contributed by atoms with Crippen LogP contribution in [0.5, 0.6) is 0 Å². The minimum atomic E-state index is -0.818. The van der Waals surface area contributed by atoms with Crippen molar-refractivity contribution in [2.45, 2.75) is 82.2 Å². The number of carbonyl (C=O) groups is 2. The van der Waals surface area contributed by atoms with Gasteiger partial charge in [0, 0.05) is 0 Å². The van der Waals surface area contributed by atoms with E-state index in [2.05, 4.69) is 17.6 Å². The van der Waals surface area contributed by atoms with Crippen LogP contribution in [0.1, 0.15) is 71.1 Å². The van der Waals surface area contributed by atoms with Crippen LogP contribution in [-0.4, -0.2) is 34.6 Å². The summed E-state index contributed by atoms with van der Waals surface area (Å²) in [6.45, 7) is 2.96. The summed E-state index contributed by atoms with van der Waals surface area (Å²) >= 11 is 0. The Morgan fingerprint density at radius 2 is 1.86 bits per heavy atom. The zero-order valence-electron chi connectivity index (χ0n) is 13.0. The minimum Gasteiger partial charge on any atom is -0.481 e. The van der Waals surface area contributed by atoms with Crippen molar-refractivity contribution >= 4 is 11.9 Å². The van der Waals surface area contributed by atoms with Gasteiger partial charge < -0.3 is 15.7 Å². The Morgan fingerprint density at radius 3 is 2.38 bits per heavy atom. The van der Waals surface area contributed by atoms with E-state index in [-0.39, 0.29) is 12.3 Å². The Kier molecular flexibility index (Phi) is 5.25. The van der Waals surface area contributed by atoms with Crippen molar-refractivity contribution in [1.29, 1.82) is 0 Å². The molecule has 1 amide bonds. The molecule has 3 N–H and O–H groups in total. The van der Waals surface area contributed by atoms with Crippen LogP contribution in [0.25, 0.3) is 0 Å². The number of hydrogen-bond acceptors (Lipinski definition) is 3. The van der Waals surface area contributed by atoms with Crippen LogP contribution in [0, 0.1) is 0 Å². The van der Waals surface area contributed by atoms with Crippen molar-refractivity contribution in [3.05, 3.63) is 0 Å². The summed E-state index contributed by atoms with van der Waals surface area (Å²) in [5.41, 5.74) is -1.01. The van der Waals surface area contributed by atoms with Crippen molar-refractivity contribution in [2.24, 2.45) is 0 Å². The average molecular weight is 296 g/mol. The topological polar surface area (TPSA) is 78.4 Å². The molecule has 0 aromatic rings. The van der Waals surface area contributed by atoms with Gasteiger partial charge in [0.25, 0.3) is 0 Å². The molecule has 2 rings (SSSR count). The number of carboxylic acid groups (broad SMARTS) is 1. The van der Waals surface area contributed by atoms with E-state index in [1.54, 1.807) is 0 Å². The number of carboxylic acids is 1. The highest BCUT2D eigenvalue weighted by molar-refractivity contribution is 5.88. The number of nitrogens with one attached hydrogen (secondary N) is 2. The maximum atomic E-state index is 12.8. The Balaban J connectivity index is 2.11. The smallest absolute Gasteiger partial charge is 0.305 e. The third kappa shape index (κ3) is 3.76. The van der Waals surface area contributed by atoms with Gasteiger partial charge in [-0.1, -0.05) is 32.6 Å². The van der Waals surface area contributed by atoms with E-state index < -0.39 is 17.0 Å². The second-order valence-electron chi connectivity index (χ2n) is 6.73.